The number of carbonyl (C=O) groups excluding carboxylic acids is 1. The number of carbonyl (C=O) groups is 1. The van der Waals surface area contributed by atoms with E-state index in [1.54, 1.807) is 0 Å². The summed E-state index contributed by atoms with van der Waals surface area (Å²) in [6.07, 6.45) is 6.68. The molecule has 2 fully saturated rings. The van der Waals surface area contributed by atoms with Crippen LogP contribution in [0.25, 0.3) is 0 Å². The molecule has 1 saturated heterocycles. The van der Waals surface area contributed by atoms with E-state index in [9.17, 15) is 4.79 Å². The molecule has 1 aliphatic carbocycles. The first-order chi connectivity index (χ1) is 10.2. The van der Waals surface area contributed by atoms with Crippen LogP contribution in [0, 0.1) is 0 Å². The second-order valence-corrected chi connectivity index (χ2v) is 6.44. The van der Waals surface area contributed by atoms with Gasteiger partial charge in [0.25, 0.3) is 0 Å². The first-order valence-electron chi connectivity index (χ1n) is 8.04. The molecule has 1 aromatic rings. The number of amides is 1. The van der Waals surface area contributed by atoms with Crippen molar-refractivity contribution >= 4 is 18.3 Å². The van der Waals surface area contributed by atoms with Crippen LogP contribution in [0.1, 0.15) is 48.0 Å². The average molecular weight is 324 g/mol. The molecule has 1 saturated carbocycles. The minimum atomic E-state index is -0.354. The van der Waals surface area contributed by atoms with E-state index in [-0.39, 0.29) is 18.3 Å². The summed E-state index contributed by atoms with van der Waals surface area (Å²) in [5, 5.41) is 3.58. The van der Waals surface area contributed by atoms with E-state index in [0.717, 1.165) is 26.2 Å². The SMILES string of the molecule is Cl.NC(=O)c1ccc(CN2CCNCC23CCCCC3)cc1. The van der Waals surface area contributed by atoms with E-state index in [0.29, 0.717) is 11.1 Å². The molecule has 2 aliphatic rings. The zero-order valence-corrected chi connectivity index (χ0v) is 13.8. The first kappa shape index (κ1) is 17.3. The van der Waals surface area contributed by atoms with E-state index < -0.39 is 0 Å². The van der Waals surface area contributed by atoms with Gasteiger partial charge in [0, 0.05) is 37.3 Å². The number of hydrogen-bond acceptors (Lipinski definition) is 3. The number of primary amides is 1. The molecule has 0 unspecified atom stereocenters. The van der Waals surface area contributed by atoms with Crippen molar-refractivity contribution in [2.45, 2.75) is 44.2 Å². The normalized spacial score (nSPS) is 21.3. The van der Waals surface area contributed by atoms with E-state index in [4.69, 9.17) is 5.73 Å². The van der Waals surface area contributed by atoms with Crippen molar-refractivity contribution in [2.75, 3.05) is 19.6 Å². The van der Waals surface area contributed by atoms with Crippen molar-refractivity contribution in [3.05, 3.63) is 35.4 Å². The summed E-state index contributed by atoms with van der Waals surface area (Å²) in [6, 6.07) is 7.76. The largest absolute Gasteiger partial charge is 0.366 e. The highest BCUT2D eigenvalue weighted by Crippen LogP contribution is 2.35. The molecule has 0 atom stereocenters. The smallest absolute Gasteiger partial charge is 0.248 e. The Morgan fingerprint density at radius 1 is 1.18 bits per heavy atom. The molecule has 3 rings (SSSR count). The van der Waals surface area contributed by atoms with Crippen LogP contribution >= 0.6 is 12.4 Å². The lowest BCUT2D eigenvalue weighted by Crippen LogP contribution is -2.61. The summed E-state index contributed by atoms with van der Waals surface area (Å²) in [4.78, 5) is 13.8. The number of nitrogens with zero attached hydrogens (tertiary/aromatic N) is 1. The molecule has 22 heavy (non-hydrogen) atoms. The molecular formula is C17H26ClN3O. The summed E-state index contributed by atoms with van der Waals surface area (Å²) >= 11 is 0. The molecule has 5 heteroatoms. The van der Waals surface area contributed by atoms with E-state index in [2.05, 4.69) is 10.2 Å². The van der Waals surface area contributed by atoms with Crippen LogP contribution in [0.5, 0.6) is 0 Å². The van der Waals surface area contributed by atoms with Crippen LogP contribution in [0.4, 0.5) is 0 Å². The number of rotatable bonds is 3. The number of piperazine rings is 1. The third-order valence-electron chi connectivity index (χ3n) is 5.08. The van der Waals surface area contributed by atoms with Gasteiger partial charge in [0.15, 0.2) is 0 Å². The van der Waals surface area contributed by atoms with Crippen molar-refractivity contribution in [3.8, 4) is 0 Å². The Labute approximate surface area is 138 Å². The second kappa shape index (κ2) is 7.44. The fraction of sp³-hybridized carbons (Fsp3) is 0.588. The molecule has 0 radical (unpaired) electrons. The number of benzene rings is 1. The minimum Gasteiger partial charge on any atom is -0.366 e. The zero-order valence-electron chi connectivity index (χ0n) is 13.0. The predicted molar refractivity (Wildman–Crippen MR) is 91.3 cm³/mol. The van der Waals surface area contributed by atoms with Crippen molar-refractivity contribution in [3.63, 3.8) is 0 Å². The fourth-order valence-electron chi connectivity index (χ4n) is 3.83. The van der Waals surface area contributed by atoms with Crippen LogP contribution < -0.4 is 11.1 Å². The van der Waals surface area contributed by atoms with Crippen molar-refractivity contribution in [2.24, 2.45) is 5.73 Å². The molecule has 122 valence electrons. The Kier molecular flexibility index (Phi) is 5.84. The lowest BCUT2D eigenvalue weighted by molar-refractivity contribution is 0.0209. The molecule has 1 aromatic carbocycles. The van der Waals surface area contributed by atoms with Gasteiger partial charge >= 0.3 is 0 Å². The van der Waals surface area contributed by atoms with Gasteiger partial charge in [0.05, 0.1) is 0 Å². The van der Waals surface area contributed by atoms with Gasteiger partial charge < -0.3 is 11.1 Å². The standard InChI is InChI=1S/C17H25N3O.ClH/c18-16(21)15-6-4-14(5-7-15)12-20-11-10-19-13-17(20)8-2-1-3-9-17;/h4-7,19H,1-3,8-13H2,(H2,18,21);1H. The third kappa shape index (κ3) is 3.62. The molecular weight excluding hydrogens is 298 g/mol. The fourth-order valence-corrected chi connectivity index (χ4v) is 3.83. The number of nitrogens with one attached hydrogen (secondary N) is 1. The Bertz CT molecular complexity index is 489. The van der Waals surface area contributed by atoms with Crippen molar-refractivity contribution in [1.82, 2.24) is 10.2 Å². The zero-order chi connectivity index (χ0) is 14.7. The molecule has 1 aliphatic heterocycles. The number of hydrogen-bond donors (Lipinski definition) is 2. The van der Waals surface area contributed by atoms with Gasteiger partial charge in [-0.1, -0.05) is 31.4 Å². The average Bonchev–Trinajstić information content (AvgIpc) is 2.51. The second-order valence-electron chi connectivity index (χ2n) is 6.44. The Balaban J connectivity index is 0.00000176. The minimum absolute atomic E-state index is 0. The molecule has 1 spiro atoms. The van der Waals surface area contributed by atoms with Crippen molar-refractivity contribution < 1.29 is 4.79 Å². The van der Waals surface area contributed by atoms with Crippen LogP contribution in [-0.2, 0) is 6.54 Å². The predicted octanol–water partition coefficient (Wildman–Crippen LogP) is 2.32. The first-order valence-corrected chi connectivity index (χ1v) is 8.04. The van der Waals surface area contributed by atoms with E-state index >= 15 is 0 Å². The highest BCUT2D eigenvalue weighted by molar-refractivity contribution is 5.92. The van der Waals surface area contributed by atoms with Crippen molar-refractivity contribution in [1.29, 1.82) is 0 Å². The van der Waals surface area contributed by atoms with Gasteiger partial charge in [-0.3, -0.25) is 9.69 Å². The van der Waals surface area contributed by atoms with Gasteiger partial charge in [-0.15, -0.1) is 12.4 Å². The van der Waals surface area contributed by atoms with Gasteiger partial charge in [-0.05, 0) is 30.5 Å². The Hall–Kier alpha value is -1.10. The molecule has 3 N–H and O–H groups in total. The third-order valence-corrected chi connectivity index (χ3v) is 5.08. The van der Waals surface area contributed by atoms with Gasteiger partial charge in [0.1, 0.15) is 0 Å². The highest BCUT2D eigenvalue weighted by atomic mass is 35.5. The Morgan fingerprint density at radius 2 is 1.86 bits per heavy atom. The molecule has 1 heterocycles. The molecule has 0 bridgehead atoms. The quantitative estimate of drug-likeness (QED) is 0.897. The summed E-state index contributed by atoms with van der Waals surface area (Å²) in [7, 11) is 0. The summed E-state index contributed by atoms with van der Waals surface area (Å²) in [5.41, 5.74) is 7.51. The lowest BCUT2D eigenvalue weighted by Gasteiger charge is -2.50. The maximum absolute atomic E-state index is 11.1. The van der Waals surface area contributed by atoms with Gasteiger partial charge in [0.2, 0.25) is 5.91 Å². The van der Waals surface area contributed by atoms with Gasteiger partial charge in [-0.2, -0.15) is 0 Å². The summed E-state index contributed by atoms with van der Waals surface area (Å²) in [5.74, 6) is -0.354. The van der Waals surface area contributed by atoms with Crippen LogP contribution in [0.3, 0.4) is 0 Å². The lowest BCUT2D eigenvalue weighted by atomic mass is 9.79. The topological polar surface area (TPSA) is 58.4 Å². The Morgan fingerprint density at radius 3 is 2.50 bits per heavy atom. The number of halogens is 1. The monoisotopic (exact) mass is 323 g/mol. The number of nitrogens with two attached hydrogens (primary N) is 1. The molecule has 1 amide bonds. The molecule has 4 nitrogen and oxygen atoms in total. The summed E-state index contributed by atoms with van der Waals surface area (Å²) in [6.45, 7) is 4.27. The van der Waals surface area contributed by atoms with Gasteiger partial charge in [-0.25, -0.2) is 0 Å². The van der Waals surface area contributed by atoms with Crippen LogP contribution in [0.15, 0.2) is 24.3 Å². The summed E-state index contributed by atoms with van der Waals surface area (Å²) < 4.78 is 0. The van der Waals surface area contributed by atoms with E-state index in [1.165, 1.54) is 37.7 Å². The van der Waals surface area contributed by atoms with E-state index in [1.807, 2.05) is 24.3 Å². The maximum Gasteiger partial charge on any atom is 0.248 e. The highest BCUT2D eigenvalue weighted by Gasteiger charge is 2.39. The maximum atomic E-state index is 11.1. The van der Waals surface area contributed by atoms with Crippen LogP contribution in [-0.4, -0.2) is 36.0 Å². The van der Waals surface area contributed by atoms with Crippen LogP contribution in [0.2, 0.25) is 0 Å². The molecule has 0 aromatic heterocycles.